The van der Waals surface area contributed by atoms with Crippen LogP contribution in [0.5, 0.6) is 0 Å². The summed E-state index contributed by atoms with van der Waals surface area (Å²) in [4.78, 5) is 12.3. The fourth-order valence-electron chi connectivity index (χ4n) is 3.14. The van der Waals surface area contributed by atoms with Gasteiger partial charge in [0.15, 0.2) is 5.78 Å². The smallest absolute Gasteiger partial charge is 0.165 e. The zero-order valence-corrected chi connectivity index (χ0v) is 13.1. The molecule has 0 N–H and O–H groups in total. The topological polar surface area (TPSA) is 22.0 Å². The monoisotopic (exact) mass is 305 g/mol. The van der Waals surface area contributed by atoms with E-state index < -0.39 is 0 Å². The molecular formula is C17H17ClFNO. The Bertz CT molecular complexity index is 745. The summed E-state index contributed by atoms with van der Waals surface area (Å²) in [6.07, 6.45) is 1.27. The number of rotatable bonds is 1. The summed E-state index contributed by atoms with van der Waals surface area (Å²) in [7, 11) is 0. The van der Waals surface area contributed by atoms with Crippen LogP contribution in [-0.2, 0) is 6.42 Å². The molecule has 4 heteroatoms. The number of aryl methyl sites for hydroxylation is 1. The van der Waals surface area contributed by atoms with Crippen molar-refractivity contribution in [2.75, 3.05) is 0 Å². The van der Waals surface area contributed by atoms with Crippen molar-refractivity contribution in [1.82, 2.24) is 4.57 Å². The predicted molar refractivity (Wildman–Crippen MR) is 81.9 cm³/mol. The highest BCUT2D eigenvalue weighted by Gasteiger charge is 2.34. The van der Waals surface area contributed by atoms with Gasteiger partial charge in [-0.1, -0.05) is 25.4 Å². The van der Waals surface area contributed by atoms with Crippen LogP contribution in [0.1, 0.15) is 42.0 Å². The summed E-state index contributed by atoms with van der Waals surface area (Å²) < 4.78 is 16.0. The molecule has 21 heavy (non-hydrogen) atoms. The number of carbonyl (C=O) groups is 1. The van der Waals surface area contributed by atoms with E-state index in [1.54, 1.807) is 6.07 Å². The molecule has 0 atom stereocenters. The first-order valence-corrected chi connectivity index (χ1v) is 7.36. The number of Topliss-reactive ketones (excluding diaryl/α,β-unsaturated/α-hetero) is 1. The van der Waals surface area contributed by atoms with Gasteiger partial charge in [0.25, 0.3) is 0 Å². The lowest BCUT2D eigenvalue weighted by atomic mass is 9.76. The third-order valence-electron chi connectivity index (χ3n) is 4.02. The molecule has 0 unspecified atom stereocenters. The molecule has 0 saturated carbocycles. The van der Waals surface area contributed by atoms with Gasteiger partial charge in [0, 0.05) is 28.4 Å². The molecule has 1 heterocycles. The second-order valence-corrected chi connectivity index (χ2v) is 6.95. The molecule has 0 spiro atoms. The third kappa shape index (κ3) is 2.40. The predicted octanol–water partition coefficient (Wildman–Crippen LogP) is 4.73. The number of halogens is 2. The van der Waals surface area contributed by atoms with Crippen LogP contribution in [0.15, 0.2) is 24.3 Å². The number of hydrogen-bond donors (Lipinski definition) is 0. The molecule has 2 nitrogen and oxygen atoms in total. The molecule has 0 bridgehead atoms. The Morgan fingerprint density at radius 2 is 1.95 bits per heavy atom. The van der Waals surface area contributed by atoms with Gasteiger partial charge in [-0.05, 0) is 43.0 Å². The summed E-state index contributed by atoms with van der Waals surface area (Å²) in [6, 6.07) is 6.35. The zero-order valence-electron chi connectivity index (χ0n) is 12.3. The molecule has 0 amide bonds. The number of fused-ring (bicyclic) bond motifs is 1. The quantitative estimate of drug-likeness (QED) is 0.746. The van der Waals surface area contributed by atoms with E-state index >= 15 is 0 Å². The molecule has 1 aromatic heterocycles. The minimum Gasteiger partial charge on any atom is -0.315 e. The maximum absolute atomic E-state index is 14.2. The summed E-state index contributed by atoms with van der Waals surface area (Å²) in [5, 5.41) is 0.481. The molecule has 1 aromatic carbocycles. The summed E-state index contributed by atoms with van der Waals surface area (Å²) in [5.74, 6) is -0.206. The van der Waals surface area contributed by atoms with E-state index in [1.807, 2.05) is 17.6 Å². The van der Waals surface area contributed by atoms with Crippen LogP contribution < -0.4 is 0 Å². The molecule has 0 aliphatic heterocycles. The van der Waals surface area contributed by atoms with E-state index in [1.165, 1.54) is 12.1 Å². The zero-order chi connectivity index (χ0) is 15.4. The Hall–Kier alpha value is -1.61. The molecule has 0 fully saturated rings. The summed E-state index contributed by atoms with van der Waals surface area (Å²) in [5.41, 5.74) is 2.75. The van der Waals surface area contributed by atoms with Gasteiger partial charge >= 0.3 is 0 Å². The fraction of sp³-hybridized carbons (Fsp3) is 0.353. The Balaban J connectivity index is 2.26. The van der Waals surface area contributed by atoms with Gasteiger partial charge in [0.1, 0.15) is 5.82 Å². The van der Waals surface area contributed by atoms with Crippen LogP contribution in [0, 0.1) is 18.2 Å². The molecule has 110 valence electrons. The number of benzene rings is 1. The Labute approximate surface area is 128 Å². The number of carbonyl (C=O) groups excluding carboxylic acids is 1. The Morgan fingerprint density at radius 1 is 1.24 bits per heavy atom. The average molecular weight is 306 g/mol. The number of hydrogen-bond acceptors (Lipinski definition) is 1. The summed E-state index contributed by atoms with van der Waals surface area (Å²) >= 11 is 6.01. The van der Waals surface area contributed by atoms with Gasteiger partial charge in [-0.2, -0.15) is 0 Å². The van der Waals surface area contributed by atoms with Crippen molar-refractivity contribution in [1.29, 1.82) is 0 Å². The van der Waals surface area contributed by atoms with E-state index in [-0.39, 0.29) is 17.0 Å². The van der Waals surface area contributed by atoms with Crippen LogP contribution in [0.3, 0.4) is 0 Å². The third-order valence-corrected chi connectivity index (χ3v) is 4.26. The highest BCUT2D eigenvalue weighted by molar-refractivity contribution is 6.30. The number of nitrogens with zero attached hydrogens (tertiary/aromatic N) is 1. The van der Waals surface area contributed by atoms with Crippen molar-refractivity contribution in [3.63, 3.8) is 0 Å². The van der Waals surface area contributed by atoms with Crippen LogP contribution in [-0.4, -0.2) is 10.4 Å². The maximum Gasteiger partial charge on any atom is 0.165 e. The first-order chi connectivity index (χ1) is 9.78. The van der Waals surface area contributed by atoms with Gasteiger partial charge in [-0.25, -0.2) is 4.39 Å². The fourth-order valence-corrected chi connectivity index (χ4v) is 3.31. The molecule has 2 aromatic rings. The van der Waals surface area contributed by atoms with Crippen LogP contribution in [0.25, 0.3) is 5.69 Å². The van der Waals surface area contributed by atoms with Gasteiger partial charge < -0.3 is 4.57 Å². The number of ketones is 1. The molecule has 0 radical (unpaired) electrons. The normalized spacial score (nSPS) is 16.9. The van der Waals surface area contributed by atoms with E-state index in [2.05, 4.69) is 13.8 Å². The maximum atomic E-state index is 14.2. The second-order valence-electron chi connectivity index (χ2n) is 6.52. The van der Waals surface area contributed by atoms with Crippen LogP contribution in [0.4, 0.5) is 4.39 Å². The van der Waals surface area contributed by atoms with Crippen molar-refractivity contribution in [2.45, 2.75) is 33.6 Å². The Morgan fingerprint density at radius 3 is 2.67 bits per heavy atom. The minimum atomic E-state index is -0.336. The van der Waals surface area contributed by atoms with E-state index in [9.17, 15) is 9.18 Å². The van der Waals surface area contributed by atoms with Gasteiger partial charge in [0.05, 0.1) is 5.69 Å². The minimum absolute atomic E-state index is 0.109. The van der Waals surface area contributed by atoms with Crippen molar-refractivity contribution in [3.8, 4) is 5.69 Å². The van der Waals surface area contributed by atoms with Crippen LogP contribution >= 0.6 is 11.6 Å². The first kappa shape index (κ1) is 14.3. The SMILES string of the molecule is Cc1cc2c(n1-c1cc(Cl)ccc1F)CC(C)(C)CC2=O. The average Bonchev–Trinajstić information content (AvgIpc) is 2.68. The lowest BCUT2D eigenvalue weighted by Gasteiger charge is -2.30. The second kappa shape index (κ2) is 4.70. The first-order valence-electron chi connectivity index (χ1n) is 6.98. The van der Waals surface area contributed by atoms with Gasteiger partial charge in [0.2, 0.25) is 0 Å². The largest absolute Gasteiger partial charge is 0.315 e. The lowest BCUT2D eigenvalue weighted by molar-refractivity contribution is 0.0911. The van der Waals surface area contributed by atoms with E-state index in [4.69, 9.17) is 11.6 Å². The number of aromatic nitrogens is 1. The summed E-state index contributed by atoms with van der Waals surface area (Å²) in [6.45, 7) is 6.02. The van der Waals surface area contributed by atoms with E-state index in [0.29, 0.717) is 22.7 Å². The molecular weight excluding hydrogens is 289 g/mol. The van der Waals surface area contributed by atoms with Gasteiger partial charge in [-0.15, -0.1) is 0 Å². The van der Waals surface area contributed by atoms with Crippen molar-refractivity contribution in [2.24, 2.45) is 5.41 Å². The van der Waals surface area contributed by atoms with Crippen LogP contribution in [0.2, 0.25) is 5.02 Å². The highest BCUT2D eigenvalue weighted by Crippen LogP contribution is 2.38. The molecule has 3 rings (SSSR count). The van der Waals surface area contributed by atoms with Gasteiger partial charge in [-0.3, -0.25) is 4.79 Å². The van der Waals surface area contributed by atoms with Crippen molar-refractivity contribution in [3.05, 3.63) is 52.1 Å². The Kier molecular flexibility index (Phi) is 3.21. The highest BCUT2D eigenvalue weighted by atomic mass is 35.5. The lowest BCUT2D eigenvalue weighted by Crippen LogP contribution is -2.28. The standard InChI is InChI=1S/C17H17ClFNO/c1-10-6-12-15(8-17(2,3)9-16(12)21)20(10)14-7-11(18)4-5-13(14)19/h4-7H,8-9H2,1-3H3. The molecule has 1 aliphatic rings. The van der Waals surface area contributed by atoms with Crippen molar-refractivity contribution < 1.29 is 9.18 Å². The molecule has 1 aliphatic carbocycles. The molecule has 0 saturated heterocycles. The van der Waals surface area contributed by atoms with Crippen molar-refractivity contribution >= 4 is 17.4 Å². The van der Waals surface area contributed by atoms with E-state index in [0.717, 1.165) is 17.8 Å².